The molecule has 1 heterocycles. The van der Waals surface area contributed by atoms with Gasteiger partial charge in [-0.05, 0) is 52.9 Å². The topological polar surface area (TPSA) is 38.0 Å². The molecule has 0 fully saturated rings. The molecule has 1 atom stereocenters. The average molecular weight is 267 g/mol. The lowest BCUT2D eigenvalue weighted by Crippen LogP contribution is -2.29. The maximum absolute atomic E-state index is 6.23. The lowest BCUT2D eigenvalue weighted by molar-refractivity contribution is 0.553. The summed E-state index contributed by atoms with van der Waals surface area (Å²) in [6.07, 6.45) is 0.798. The molecular weight excluding hydrogens is 252 g/mol. The van der Waals surface area contributed by atoms with Crippen LogP contribution in [0.2, 0.25) is 5.02 Å². The Balaban J connectivity index is 2.19. The van der Waals surface area contributed by atoms with Crippen LogP contribution in [0.4, 0.5) is 0 Å². The van der Waals surface area contributed by atoms with Crippen LogP contribution in [0.5, 0.6) is 0 Å². The van der Waals surface area contributed by atoms with Gasteiger partial charge in [-0.15, -0.1) is 0 Å². The molecule has 1 unspecified atom stereocenters. The number of halogens is 1. The molecule has 0 saturated heterocycles. The number of nitrogens with one attached hydrogen (secondary N) is 1. The molecule has 1 aromatic heterocycles. The third-order valence-electron chi connectivity index (χ3n) is 2.78. The van der Waals surface area contributed by atoms with Crippen LogP contribution in [0.15, 0.2) is 35.0 Å². The molecule has 2 nitrogen and oxygen atoms in total. The summed E-state index contributed by atoms with van der Waals surface area (Å²) in [5.74, 6) is 5.60. The zero-order valence-electron chi connectivity index (χ0n) is 9.61. The number of hydrogen-bond acceptors (Lipinski definition) is 3. The summed E-state index contributed by atoms with van der Waals surface area (Å²) in [4.78, 5) is 0. The highest BCUT2D eigenvalue weighted by molar-refractivity contribution is 7.07. The van der Waals surface area contributed by atoms with E-state index in [0.29, 0.717) is 0 Å². The van der Waals surface area contributed by atoms with Crippen molar-refractivity contribution in [2.24, 2.45) is 5.84 Å². The van der Waals surface area contributed by atoms with Crippen molar-refractivity contribution in [2.45, 2.75) is 19.4 Å². The van der Waals surface area contributed by atoms with Crippen molar-refractivity contribution in [3.05, 3.63) is 56.7 Å². The third kappa shape index (κ3) is 3.07. The Bertz CT molecular complexity index is 482. The van der Waals surface area contributed by atoms with Gasteiger partial charge >= 0.3 is 0 Å². The molecule has 0 aliphatic carbocycles. The quantitative estimate of drug-likeness (QED) is 0.657. The average Bonchev–Trinajstić information content (AvgIpc) is 2.81. The first-order valence-electron chi connectivity index (χ1n) is 5.44. The fourth-order valence-corrected chi connectivity index (χ4v) is 2.81. The van der Waals surface area contributed by atoms with Gasteiger partial charge in [-0.25, -0.2) is 0 Å². The first kappa shape index (κ1) is 12.6. The van der Waals surface area contributed by atoms with Gasteiger partial charge in [0, 0.05) is 5.02 Å². The summed E-state index contributed by atoms with van der Waals surface area (Å²) in [6.45, 7) is 2.03. The predicted molar refractivity (Wildman–Crippen MR) is 74.3 cm³/mol. The van der Waals surface area contributed by atoms with Crippen molar-refractivity contribution < 1.29 is 0 Å². The van der Waals surface area contributed by atoms with Crippen LogP contribution in [0.3, 0.4) is 0 Å². The highest BCUT2D eigenvalue weighted by atomic mass is 35.5. The molecule has 4 heteroatoms. The van der Waals surface area contributed by atoms with E-state index in [1.54, 1.807) is 11.3 Å². The lowest BCUT2D eigenvalue weighted by Gasteiger charge is -2.15. The van der Waals surface area contributed by atoms with Crippen molar-refractivity contribution in [1.29, 1.82) is 0 Å². The zero-order valence-corrected chi connectivity index (χ0v) is 11.2. The molecule has 0 aliphatic rings. The van der Waals surface area contributed by atoms with Crippen LogP contribution >= 0.6 is 22.9 Å². The fraction of sp³-hybridized carbons (Fsp3) is 0.231. The van der Waals surface area contributed by atoms with Crippen molar-refractivity contribution >= 4 is 22.9 Å². The highest BCUT2D eigenvalue weighted by Crippen LogP contribution is 2.25. The third-order valence-corrected chi connectivity index (χ3v) is 3.83. The summed E-state index contributed by atoms with van der Waals surface area (Å²) < 4.78 is 0. The number of hydrazine groups is 1. The molecule has 2 aromatic rings. The van der Waals surface area contributed by atoms with Gasteiger partial charge in [0.2, 0.25) is 0 Å². The summed E-state index contributed by atoms with van der Waals surface area (Å²) in [6, 6.07) is 8.31. The van der Waals surface area contributed by atoms with Gasteiger partial charge in [0.15, 0.2) is 0 Å². The van der Waals surface area contributed by atoms with Crippen molar-refractivity contribution in [3.63, 3.8) is 0 Å². The number of hydrogen-bond donors (Lipinski definition) is 2. The van der Waals surface area contributed by atoms with Gasteiger partial charge in [0.05, 0.1) is 6.04 Å². The molecule has 0 spiro atoms. The summed E-state index contributed by atoms with van der Waals surface area (Å²) in [5, 5.41) is 4.96. The van der Waals surface area contributed by atoms with E-state index in [9.17, 15) is 0 Å². The predicted octanol–water partition coefficient (Wildman–Crippen LogP) is 3.46. The van der Waals surface area contributed by atoms with Gasteiger partial charge in [-0.3, -0.25) is 11.3 Å². The van der Waals surface area contributed by atoms with Crippen molar-refractivity contribution in [1.82, 2.24) is 5.43 Å². The molecular formula is C13H15ClN2S. The minimum absolute atomic E-state index is 0.112. The van der Waals surface area contributed by atoms with E-state index < -0.39 is 0 Å². The minimum Gasteiger partial charge on any atom is -0.271 e. The van der Waals surface area contributed by atoms with E-state index >= 15 is 0 Å². The molecule has 0 bridgehead atoms. The van der Waals surface area contributed by atoms with E-state index in [1.165, 1.54) is 11.1 Å². The molecule has 90 valence electrons. The first-order valence-corrected chi connectivity index (χ1v) is 6.76. The Morgan fingerprint density at radius 2 is 2.24 bits per heavy atom. The van der Waals surface area contributed by atoms with Crippen LogP contribution in [0, 0.1) is 6.92 Å². The highest BCUT2D eigenvalue weighted by Gasteiger charge is 2.12. The van der Waals surface area contributed by atoms with Gasteiger partial charge in [0.25, 0.3) is 0 Å². The number of aryl methyl sites for hydroxylation is 1. The second-order valence-electron chi connectivity index (χ2n) is 4.07. The Morgan fingerprint density at radius 3 is 2.82 bits per heavy atom. The normalized spacial score (nSPS) is 12.6. The van der Waals surface area contributed by atoms with Crippen LogP contribution < -0.4 is 11.3 Å². The maximum Gasteiger partial charge on any atom is 0.0509 e. The van der Waals surface area contributed by atoms with Crippen molar-refractivity contribution in [2.75, 3.05) is 0 Å². The molecule has 0 aliphatic heterocycles. The smallest absolute Gasteiger partial charge is 0.0509 e. The van der Waals surface area contributed by atoms with Gasteiger partial charge < -0.3 is 0 Å². The second kappa shape index (κ2) is 5.65. The summed E-state index contributed by atoms with van der Waals surface area (Å²) in [7, 11) is 0. The van der Waals surface area contributed by atoms with Crippen LogP contribution in [-0.4, -0.2) is 0 Å². The zero-order chi connectivity index (χ0) is 12.3. The van der Waals surface area contributed by atoms with Gasteiger partial charge in [-0.2, -0.15) is 11.3 Å². The molecule has 0 amide bonds. The van der Waals surface area contributed by atoms with Crippen LogP contribution in [-0.2, 0) is 6.42 Å². The Hall–Kier alpha value is -0.870. The Morgan fingerprint density at radius 1 is 1.41 bits per heavy atom. The van der Waals surface area contributed by atoms with E-state index in [1.807, 2.05) is 13.0 Å². The SMILES string of the molecule is Cc1ccc(CC(NN)c2ccsc2)c(Cl)c1. The molecule has 2 rings (SSSR count). The molecule has 0 radical (unpaired) electrons. The van der Waals surface area contributed by atoms with E-state index in [0.717, 1.165) is 17.0 Å². The summed E-state index contributed by atoms with van der Waals surface area (Å²) >= 11 is 7.90. The number of nitrogens with two attached hydrogens (primary N) is 1. The van der Waals surface area contributed by atoms with Gasteiger partial charge in [-0.1, -0.05) is 23.7 Å². The molecule has 0 saturated carbocycles. The maximum atomic E-state index is 6.23. The Kier molecular flexibility index (Phi) is 4.18. The molecule has 1 aromatic carbocycles. The van der Waals surface area contributed by atoms with Crippen molar-refractivity contribution in [3.8, 4) is 0 Å². The van der Waals surface area contributed by atoms with Gasteiger partial charge in [0.1, 0.15) is 0 Å². The van der Waals surface area contributed by atoms with E-state index in [-0.39, 0.29) is 6.04 Å². The first-order chi connectivity index (χ1) is 8.20. The lowest BCUT2D eigenvalue weighted by atomic mass is 10.0. The van der Waals surface area contributed by atoms with Crippen LogP contribution in [0.1, 0.15) is 22.7 Å². The monoisotopic (exact) mass is 266 g/mol. The van der Waals surface area contributed by atoms with E-state index in [4.69, 9.17) is 17.4 Å². The van der Waals surface area contributed by atoms with E-state index in [2.05, 4.69) is 34.4 Å². The second-order valence-corrected chi connectivity index (χ2v) is 5.26. The number of thiophene rings is 1. The number of benzene rings is 1. The molecule has 17 heavy (non-hydrogen) atoms. The standard InChI is InChI=1S/C13H15ClN2S/c1-9-2-3-10(12(14)6-9)7-13(16-15)11-4-5-17-8-11/h2-6,8,13,16H,7,15H2,1H3. The molecule has 3 N–H and O–H groups in total. The fourth-order valence-electron chi connectivity index (χ4n) is 1.78. The minimum atomic E-state index is 0.112. The van der Waals surface area contributed by atoms with Crippen LogP contribution in [0.25, 0.3) is 0 Å². The summed E-state index contributed by atoms with van der Waals surface area (Å²) in [5.41, 5.74) is 6.34. The number of rotatable bonds is 4. The Labute approximate surface area is 110 Å². The largest absolute Gasteiger partial charge is 0.271 e.